The Morgan fingerprint density at radius 1 is 1.45 bits per heavy atom. The van der Waals surface area contributed by atoms with E-state index in [2.05, 4.69) is 21.2 Å². The van der Waals surface area contributed by atoms with Crippen molar-refractivity contribution in [2.24, 2.45) is 5.92 Å². The summed E-state index contributed by atoms with van der Waals surface area (Å²) in [4.78, 5) is 21.5. The number of alkyl halides is 1. The molecule has 1 unspecified atom stereocenters. The molecule has 0 fully saturated rings. The number of nitro benzene ring substituents is 1. The van der Waals surface area contributed by atoms with Crippen molar-refractivity contribution in [1.29, 1.82) is 0 Å². The first kappa shape index (κ1) is 16.5. The Hall–Kier alpha value is -1.57. The van der Waals surface area contributed by atoms with Crippen molar-refractivity contribution in [2.75, 3.05) is 5.33 Å². The van der Waals surface area contributed by atoms with E-state index in [0.29, 0.717) is 17.5 Å². The molecule has 0 heterocycles. The number of amides is 1. The van der Waals surface area contributed by atoms with Crippen LogP contribution >= 0.6 is 15.9 Å². The quantitative estimate of drug-likeness (QED) is 0.504. The topological polar surface area (TPSA) is 72.2 Å². The highest BCUT2D eigenvalue weighted by atomic mass is 79.9. The maximum absolute atomic E-state index is 13.8. The van der Waals surface area contributed by atoms with Gasteiger partial charge in [0.2, 0.25) is 5.82 Å². The molecule has 0 aliphatic rings. The summed E-state index contributed by atoms with van der Waals surface area (Å²) in [6.07, 6.45) is 0. The zero-order valence-electron chi connectivity index (χ0n) is 10.8. The summed E-state index contributed by atoms with van der Waals surface area (Å²) in [5.41, 5.74) is -1.87. The fourth-order valence-corrected chi connectivity index (χ4v) is 2.42. The molecule has 0 aliphatic carbocycles. The van der Waals surface area contributed by atoms with Gasteiger partial charge in [0.05, 0.1) is 4.92 Å². The molecule has 1 rings (SSSR count). The van der Waals surface area contributed by atoms with Crippen LogP contribution in [-0.2, 0) is 0 Å². The second kappa shape index (κ2) is 6.74. The molecular weight excluding hydrogens is 338 g/mol. The number of rotatable bonds is 5. The summed E-state index contributed by atoms with van der Waals surface area (Å²) in [6, 6.07) is 1.04. The van der Waals surface area contributed by atoms with Gasteiger partial charge in [-0.2, -0.15) is 4.39 Å². The number of halogens is 3. The van der Waals surface area contributed by atoms with Crippen LogP contribution in [0.25, 0.3) is 0 Å². The number of carbonyl (C=O) groups excluding carboxylic acids is 1. The molecule has 110 valence electrons. The van der Waals surface area contributed by atoms with E-state index >= 15 is 0 Å². The smallest absolute Gasteiger partial charge is 0.305 e. The van der Waals surface area contributed by atoms with Crippen LogP contribution in [0.3, 0.4) is 0 Å². The number of nitro groups is 1. The molecule has 8 heteroatoms. The van der Waals surface area contributed by atoms with E-state index in [1.165, 1.54) is 0 Å². The van der Waals surface area contributed by atoms with Crippen LogP contribution in [0.5, 0.6) is 0 Å². The van der Waals surface area contributed by atoms with Gasteiger partial charge >= 0.3 is 5.69 Å². The molecule has 20 heavy (non-hydrogen) atoms. The second-order valence-electron chi connectivity index (χ2n) is 4.49. The van der Waals surface area contributed by atoms with E-state index < -0.39 is 33.7 Å². The van der Waals surface area contributed by atoms with Gasteiger partial charge in [-0.1, -0.05) is 29.8 Å². The van der Waals surface area contributed by atoms with E-state index in [-0.39, 0.29) is 12.0 Å². The summed E-state index contributed by atoms with van der Waals surface area (Å²) < 4.78 is 27.4. The third-order valence-electron chi connectivity index (χ3n) is 2.78. The van der Waals surface area contributed by atoms with Gasteiger partial charge in [0, 0.05) is 17.4 Å². The Morgan fingerprint density at radius 3 is 2.50 bits per heavy atom. The number of nitrogens with one attached hydrogen (secondary N) is 1. The maximum atomic E-state index is 13.8. The number of hydrogen-bond donors (Lipinski definition) is 1. The van der Waals surface area contributed by atoms with Gasteiger partial charge in [-0.15, -0.1) is 0 Å². The van der Waals surface area contributed by atoms with E-state index in [4.69, 9.17) is 0 Å². The lowest BCUT2D eigenvalue weighted by Crippen LogP contribution is -2.40. The van der Waals surface area contributed by atoms with Gasteiger partial charge in [0.15, 0.2) is 0 Å². The Balaban J connectivity index is 3.16. The van der Waals surface area contributed by atoms with Crippen LogP contribution in [0, 0.1) is 27.7 Å². The molecule has 1 N–H and O–H groups in total. The van der Waals surface area contributed by atoms with Gasteiger partial charge in [0.1, 0.15) is 11.4 Å². The highest BCUT2D eigenvalue weighted by Crippen LogP contribution is 2.23. The molecule has 0 saturated heterocycles. The maximum Gasteiger partial charge on any atom is 0.305 e. The van der Waals surface area contributed by atoms with Crippen LogP contribution < -0.4 is 5.32 Å². The van der Waals surface area contributed by atoms with E-state index in [1.54, 1.807) is 0 Å². The molecule has 1 aromatic rings. The van der Waals surface area contributed by atoms with Gasteiger partial charge in [-0.05, 0) is 12.0 Å². The van der Waals surface area contributed by atoms with E-state index in [9.17, 15) is 23.7 Å². The number of hydrogen-bond acceptors (Lipinski definition) is 3. The second-order valence-corrected chi connectivity index (χ2v) is 5.14. The Labute approximate surface area is 122 Å². The van der Waals surface area contributed by atoms with Gasteiger partial charge in [-0.25, -0.2) is 4.39 Å². The lowest BCUT2D eigenvalue weighted by molar-refractivity contribution is -0.387. The normalized spacial score (nSPS) is 12.3. The van der Waals surface area contributed by atoms with Crippen molar-refractivity contribution in [3.63, 3.8) is 0 Å². The predicted molar refractivity (Wildman–Crippen MR) is 72.9 cm³/mol. The molecule has 0 spiro atoms. The van der Waals surface area contributed by atoms with Crippen molar-refractivity contribution in [1.82, 2.24) is 5.32 Å². The minimum absolute atomic E-state index is 0.0307. The molecule has 0 aliphatic heterocycles. The van der Waals surface area contributed by atoms with Crippen molar-refractivity contribution >= 4 is 27.5 Å². The highest BCUT2D eigenvalue weighted by Gasteiger charge is 2.27. The first-order chi connectivity index (χ1) is 9.29. The zero-order chi connectivity index (χ0) is 15.4. The van der Waals surface area contributed by atoms with Crippen LogP contribution in [0.1, 0.15) is 24.2 Å². The van der Waals surface area contributed by atoms with Crippen LogP contribution in [0.2, 0.25) is 0 Å². The Kier molecular flexibility index (Phi) is 5.55. The summed E-state index contributed by atoms with van der Waals surface area (Å²) in [5, 5.41) is 13.4. The lowest BCUT2D eigenvalue weighted by atomic mass is 10.1. The summed E-state index contributed by atoms with van der Waals surface area (Å²) >= 11 is 3.18. The third kappa shape index (κ3) is 3.50. The molecule has 0 saturated carbocycles. The SMILES string of the molecule is CC(C)C(CBr)NC(=O)c1c(F)ccc([N+](=O)[O-])c1F. The summed E-state index contributed by atoms with van der Waals surface area (Å²) in [6.45, 7) is 3.65. The lowest BCUT2D eigenvalue weighted by Gasteiger charge is -2.20. The molecule has 1 amide bonds. The average molecular weight is 351 g/mol. The average Bonchev–Trinajstić information content (AvgIpc) is 2.35. The summed E-state index contributed by atoms with van der Waals surface area (Å²) in [5.74, 6) is -3.59. The monoisotopic (exact) mass is 350 g/mol. The van der Waals surface area contributed by atoms with Crippen molar-refractivity contribution in [2.45, 2.75) is 19.9 Å². The molecule has 1 atom stereocenters. The first-order valence-corrected chi connectivity index (χ1v) is 6.91. The molecule has 0 aromatic heterocycles. The third-order valence-corrected chi connectivity index (χ3v) is 3.48. The fraction of sp³-hybridized carbons (Fsp3) is 0.417. The molecule has 5 nitrogen and oxygen atoms in total. The van der Waals surface area contributed by atoms with Gasteiger partial charge < -0.3 is 5.32 Å². The van der Waals surface area contributed by atoms with E-state index in [1.807, 2.05) is 13.8 Å². The fourth-order valence-electron chi connectivity index (χ4n) is 1.51. The van der Waals surface area contributed by atoms with Crippen LogP contribution in [-0.4, -0.2) is 22.2 Å². The van der Waals surface area contributed by atoms with Crippen molar-refractivity contribution in [3.05, 3.63) is 39.4 Å². The molecular formula is C12H13BrF2N2O3. The van der Waals surface area contributed by atoms with E-state index in [0.717, 1.165) is 0 Å². The van der Waals surface area contributed by atoms with Crippen LogP contribution in [0.4, 0.5) is 14.5 Å². The Morgan fingerprint density at radius 2 is 2.05 bits per heavy atom. The van der Waals surface area contributed by atoms with Crippen molar-refractivity contribution < 1.29 is 18.5 Å². The van der Waals surface area contributed by atoms with Crippen LogP contribution in [0.15, 0.2) is 12.1 Å². The predicted octanol–water partition coefficient (Wildman–Crippen LogP) is 3.02. The molecule has 0 radical (unpaired) electrons. The van der Waals surface area contributed by atoms with Gasteiger partial charge in [-0.3, -0.25) is 14.9 Å². The number of carbonyl (C=O) groups is 1. The first-order valence-electron chi connectivity index (χ1n) is 5.78. The Bertz CT molecular complexity index is 538. The minimum Gasteiger partial charge on any atom is -0.348 e. The number of nitrogens with zero attached hydrogens (tertiary/aromatic N) is 1. The number of benzene rings is 1. The highest BCUT2D eigenvalue weighted by molar-refractivity contribution is 9.09. The standard InChI is InChI=1S/C12H13BrF2N2O3/c1-6(2)8(5-13)16-12(18)10-7(14)3-4-9(11(10)15)17(19)20/h3-4,6,8H,5H2,1-2H3,(H,16,18). The zero-order valence-corrected chi connectivity index (χ0v) is 12.4. The largest absolute Gasteiger partial charge is 0.348 e. The van der Waals surface area contributed by atoms with Gasteiger partial charge in [0.25, 0.3) is 5.91 Å². The molecule has 0 bridgehead atoms. The summed E-state index contributed by atoms with van der Waals surface area (Å²) in [7, 11) is 0. The minimum atomic E-state index is -1.47. The molecule has 1 aromatic carbocycles. The van der Waals surface area contributed by atoms with Crippen molar-refractivity contribution in [3.8, 4) is 0 Å².